The second-order valence-corrected chi connectivity index (χ2v) is 16.8. The molecule has 0 spiro atoms. The molecule has 1 aromatic carbocycles. The molecule has 0 radical (unpaired) electrons. The van der Waals surface area contributed by atoms with Crippen LogP contribution >= 0.6 is 11.3 Å². The van der Waals surface area contributed by atoms with E-state index in [1.165, 1.54) is 58.4 Å². The topological polar surface area (TPSA) is 145 Å². The summed E-state index contributed by atoms with van der Waals surface area (Å²) in [7, 11) is 1.54. The van der Waals surface area contributed by atoms with E-state index >= 15 is 0 Å². The van der Waals surface area contributed by atoms with Gasteiger partial charge in [-0.3, -0.25) is 24.2 Å². The molecule has 3 N–H and O–H groups in total. The summed E-state index contributed by atoms with van der Waals surface area (Å²) >= 11 is 1.46. The number of hydrogen-bond acceptors (Lipinski definition) is 11. The number of benzene rings is 1. The number of pyridine rings is 1. The Morgan fingerprint density at radius 3 is 2.55 bits per heavy atom. The van der Waals surface area contributed by atoms with Crippen molar-refractivity contribution in [2.45, 2.75) is 70.3 Å². The van der Waals surface area contributed by atoms with Crippen molar-refractivity contribution in [1.29, 1.82) is 0 Å². The minimum absolute atomic E-state index is 0.00560. The van der Waals surface area contributed by atoms with Gasteiger partial charge < -0.3 is 29.9 Å². The standard InChI is InChI=1S/C41H47F3N8O5S/c1-6-34(54)47-29-20-25(7-8-31(29)51-16-15-50(22-32(51)41(42,43)44)26-11-17-57-18-12-26)46-36-39(56)49(5)21-30(48-36)27-9-13-45-37(28(27)23-53)52-14-10-24-19-33(40(2,3)4)58-35(24)38(52)55/h6-9,13,19-21,26,32,53H,1,10-12,14-18,22-23H2,2-5H3,(H,46,48)(H,47,54)/t32-/m0/s1. The molecule has 7 rings (SSSR count). The van der Waals surface area contributed by atoms with Crippen molar-refractivity contribution in [2.24, 2.45) is 7.05 Å². The van der Waals surface area contributed by atoms with Crippen LogP contribution in [0.25, 0.3) is 11.3 Å². The van der Waals surface area contributed by atoms with Crippen LogP contribution in [0.4, 0.5) is 41.9 Å². The number of piperazine rings is 1. The van der Waals surface area contributed by atoms with Gasteiger partial charge in [0, 0.05) is 86.6 Å². The molecule has 0 bridgehead atoms. The first-order valence-corrected chi connectivity index (χ1v) is 20.0. The van der Waals surface area contributed by atoms with Gasteiger partial charge in [-0.1, -0.05) is 27.4 Å². The number of thiophene rings is 1. The summed E-state index contributed by atoms with van der Waals surface area (Å²) in [5.74, 6) is -0.667. The summed E-state index contributed by atoms with van der Waals surface area (Å²) in [6.07, 6.45) is 1.43. The molecule has 3 aliphatic heterocycles. The van der Waals surface area contributed by atoms with E-state index in [1.807, 2.05) is 4.90 Å². The Morgan fingerprint density at radius 2 is 1.86 bits per heavy atom. The average Bonchev–Trinajstić information content (AvgIpc) is 3.66. The van der Waals surface area contributed by atoms with Crippen molar-refractivity contribution >= 4 is 51.8 Å². The molecule has 4 aromatic rings. The summed E-state index contributed by atoms with van der Waals surface area (Å²) in [5, 5.41) is 16.4. The molecule has 2 amide bonds. The molecule has 58 heavy (non-hydrogen) atoms. The molecule has 3 aliphatic rings. The van der Waals surface area contributed by atoms with E-state index in [9.17, 15) is 32.7 Å². The maximum Gasteiger partial charge on any atom is 0.409 e. The molecule has 2 saturated heterocycles. The van der Waals surface area contributed by atoms with Crippen LogP contribution < -0.4 is 26.0 Å². The van der Waals surface area contributed by atoms with Crippen molar-refractivity contribution < 1.29 is 32.6 Å². The first-order chi connectivity index (χ1) is 27.6. The number of alkyl halides is 3. The number of aliphatic hydroxyl groups excluding tert-OH is 1. The van der Waals surface area contributed by atoms with Gasteiger partial charge in [-0.2, -0.15) is 13.2 Å². The lowest BCUT2D eigenvalue weighted by atomic mass is 9.93. The lowest BCUT2D eigenvalue weighted by Gasteiger charge is -2.47. The number of anilines is 5. The molecule has 13 nitrogen and oxygen atoms in total. The molecule has 3 aromatic heterocycles. The SMILES string of the molecule is C=CC(=O)Nc1cc(Nc2nc(-c3ccnc(N4CCc5cc(C(C)(C)C)sc5C4=O)c3CO)cn(C)c2=O)ccc1N1CCN(C2CCOCC2)C[C@H]1C(F)(F)F. The third-order valence-electron chi connectivity index (χ3n) is 10.9. The Labute approximate surface area is 338 Å². The van der Waals surface area contributed by atoms with Gasteiger partial charge in [0.15, 0.2) is 5.82 Å². The van der Waals surface area contributed by atoms with E-state index in [0.29, 0.717) is 67.3 Å². The van der Waals surface area contributed by atoms with Gasteiger partial charge >= 0.3 is 6.18 Å². The van der Waals surface area contributed by atoms with Gasteiger partial charge in [0.2, 0.25) is 5.91 Å². The minimum Gasteiger partial charge on any atom is -0.392 e. The Bertz CT molecular complexity index is 2280. The zero-order valence-electron chi connectivity index (χ0n) is 32.9. The third kappa shape index (κ3) is 8.26. The lowest BCUT2D eigenvalue weighted by molar-refractivity contribution is -0.159. The van der Waals surface area contributed by atoms with Crippen LogP contribution in [0.3, 0.4) is 0 Å². The van der Waals surface area contributed by atoms with Gasteiger partial charge in [0.25, 0.3) is 11.5 Å². The van der Waals surface area contributed by atoms with E-state index in [4.69, 9.17) is 4.74 Å². The molecule has 1 atom stereocenters. The Hall–Kier alpha value is -5.10. The summed E-state index contributed by atoms with van der Waals surface area (Å²) in [6, 6.07) is 6.36. The number of aryl methyl sites for hydroxylation is 1. The molecule has 2 fully saturated rings. The summed E-state index contributed by atoms with van der Waals surface area (Å²) in [6.45, 7) is 10.9. The van der Waals surface area contributed by atoms with Crippen molar-refractivity contribution in [3.63, 3.8) is 0 Å². The fourth-order valence-corrected chi connectivity index (χ4v) is 9.01. The van der Waals surface area contributed by atoms with Crippen LogP contribution in [0.2, 0.25) is 0 Å². The summed E-state index contributed by atoms with van der Waals surface area (Å²) in [5.41, 5.74) is 1.96. The minimum atomic E-state index is -4.57. The number of rotatable bonds is 9. The monoisotopic (exact) mass is 820 g/mol. The predicted molar refractivity (Wildman–Crippen MR) is 218 cm³/mol. The molecule has 308 valence electrons. The molecule has 6 heterocycles. The zero-order chi connectivity index (χ0) is 41.5. The fourth-order valence-electron chi connectivity index (χ4n) is 7.79. The Morgan fingerprint density at radius 1 is 1.10 bits per heavy atom. The molecule has 0 saturated carbocycles. The van der Waals surface area contributed by atoms with Gasteiger partial charge in [0.05, 0.1) is 28.6 Å². The molecule has 0 unspecified atom stereocenters. The van der Waals surface area contributed by atoms with Crippen LogP contribution in [-0.4, -0.2) is 94.0 Å². The van der Waals surface area contributed by atoms with Gasteiger partial charge in [0.1, 0.15) is 11.9 Å². The number of carbonyl (C=O) groups excluding carboxylic acids is 2. The quantitative estimate of drug-likeness (QED) is 0.172. The van der Waals surface area contributed by atoms with E-state index in [1.54, 1.807) is 11.0 Å². The highest BCUT2D eigenvalue weighted by Crippen LogP contribution is 2.40. The number of fused-ring (bicyclic) bond motifs is 1. The number of nitrogens with one attached hydrogen (secondary N) is 2. The number of amides is 2. The van der Waals surface area contributed by atoms with E-state index < -0.39 is 30.3 Å². The Balaban J connectivity index is 1.20. The first kappa shape index (κ1) is 41.1. The van der Waals surface area contributed by atoms with Gasteiger partial charge in [-0.25, -0.2) is 9.97 Å². The van der Waals surface area contributed by atoms with Crippen LogP contribution in [0.15, 0.2) is 60.2 Å². The molecular formula is C41H47F3N8O5S. The van der Waals surface area contributed by atoms with Crippen LogP contribution in [0, 0.1) is 0 Å². The van der Waals surface area contributed by atoms with Crippen molar-refractivity contribution in [3.8, 4) is 11.3 Å². The number of nitrogens with zero attached hydrogens (tertiary/aromatic N) is 6. The van der Waals surface area contributed by atoms with Crippen LogP contribution in [0.5, 0.6) is 0 Å². The second kappa shape index (κ2) is 16.3. The Kier molecular flexibility index (Phi) is 11.5. The summed E-state index contributed by atoms with van der Waals surface area (Å²) < 4.78 is 50.9. The highest BCUT2D eigenvalue weighted by Gasteiger charge is 2.48. The first-order valence-electron chi connectivity index (χ1n) is 19.2. The molecule has 17 heteroatoms. The highest BCUT2D eigenvalue weighted by atomic mass is 32.1. The maximum absolute atomic E-state index is 14.7. The second-order valence-electron chi connectivity index (χ2n) is 15.8. The van der Waals surface area contributed by atoms with Gasteiger partial charge in [-0.15, -0.1) is 11.3 Å². The number of aromatic nitrogens is 3. The molecule has 0 aliphatic carbocycles. The smallest absolute Gasteiger partial charge is 0.392 e. The third-order valence-corrected chi connectivity index (χ3v) is 12.5. The fraction of sp³-hybridized carbons (Fsp3) is 0.439. The van der Waals surface area contributed by atoms with E-state index in [-0.39, 0.29) is 59.2 Å². The van der Waals surface area contributed by atoms with E-state index in [2.05, 4.69) is 54.0 Å². The average molecular weight is 821 g/mol. The van der Waals surface area contributed by atoms with Gasteiger partial charge in [-0.05, 0) is 66.6 Å². The maximum atomic E-state index is 14.7. The van der Waals surface area contributed by atoms with Crippen molar-refractivity contribution in [3.05, 3.63) is 86.6 Å². The highest BCUT2D eigenvalue weighted by molar-refractivity contribution is 7.14. The number of carbonyl (C=O) groups is 2. The molecular weight excluding hydrogens is 774 g/mol. The predicted octanol–water partition coefficient (Wildman–Crippen LogP) is 6.00. The van der Waals surface area contributed by atoms with Crippen LogP contribution in [-0.2, 0) is 35.0 Å². The number of aliphatic hydroxyl groups is 1. The van der Waals surface area contributed by atoms with Crippen LogP contribution in [0.1, 0.15) is 59.3 Å². The largest absolute Gasteiger partial charge is 0.409 e. The number of hydrogen-bond donors (Lipinski definition) is 3. The van der Waals surface area contributed by atoms with Crippen molar-refractivity contribution in [2.75, 3.05) is 59.8 Å². The number of halogens is 3. The summed E-state index contributed by atoms with van der Waals surface area (Å²) in [4.78, 5) is 55.6. The lowest BCUT2D eigenvalue weighted by Crippen LogP contribution is -2.61. The number of ether oxygens (including phenoxy) is 1. The van der Waals surface area contributed by atoms with Crippen molar-refractivity contribution in [1.82, 2.24) is 19.4 Å². The zero-order valence-corrected chi connectivity index (χ0v) is 33.7. The normalized spacial score (nSPS) is 18.3. The van der Waals surface area contributed by atoms with E-state index in [0.717, 1.165) is 16.5 Å².